The molecular weight excluding hydrogens is 620 g/mol. The highest BCUT2D eigenvalue weighted by Crippen LogP contribution is 2.76. The summed E-state index contributed by atoms with van der Waals surface area (Å²) < 4.78 is 0. The van der Waals surface area contributed by atoms with Crippen LogP contribution < -0.4 is 5.32 Å². The Balaban J connectivity index is 1.13. The number of fused-ring (bicyclic) bond motifs is 7. The molecule has 0 radical (unpaired) electrons. The van der Waals surface area contributed by atoms with Crippen molar-refractivity contribution in [2.24, 2.45) is 57.2 Å². The molecule has 0 amide bonds. The molecule has 274 valence electrons. The molecule has 5 aliphatic carbocycles. The minimum Gasteiger partial charge on any atom is -0.481 e. The molecule has 1 aliphatic heterocycles. The zero-order chi connectivity index (χ0) is 35.9. The summed E-state index contributed by atoms with van der Waals surface area (Å²) in [4.78, 5) is 25.5. The summed E-state index contributed by atoms with van der Waals surface area (Å²) >= 11 is 0. The predicted molar refractivity (Wildman–Crippen MR) is 201 cm³/mol. The Morgan fingerprint density at radius 3 is 2.20 bits per heavy atom. The number of likely N-dealkylation sites (tertiary alicyclic amines) is 1. The molecule has 6 aliphatic rings. The molecule has 50 heavy (non-hydrogen) atoms. The van der Waals surface area contributed by atoms with Gasteiger partial charge in [-0.3, -0.25) is 4.79 Å². The number of aliphatic carboxylic acids is 1. The van der Waals surface area contributed by atoms with Gasteiger partial charge in [0, 0.05) is 18.6 Å². The Morgan fingerprint density at radius 2 is 1.56 bits per heavy atom. The van der Waals surface area contributed by atoms with Gasteiger partial charge in [0.05, 0.1) is 11.5 Å². The Hall–Kier alpha value is -2.44. The van der Waals surface area contributed by atoms with Crippen LogP contribution in [-0.4, -0.2) is 58.8 Å². The van der Waals surface area contributed by atoms with Crippen molar-refractivity contribution in [1.29, 1.82) is 0 Å². The highest BCUT2D eigenvalue weighted by molar-refractivity contribution is 5.88. The molecule has 6 heteroatoms. The lowest BCUT2D eigenvalue weighted by molar-refractivity contribution is -0.219. The lowest BCUT2D eigenvalue weighted by Gasteiger charge is -2.72. The van der Waals surface area contributed by atoms with Crippen molar-refractivity contribution in [3.63, 3.8) is 0 Å². The Morgan fingerprint density at radius 1 is 0.860 bits per heavy atom. The van der Waals surface area contributed by atoms with Crippen molar-refractivity contribution in [2.45, 2.75) is 118 Å². The highest BCUT2D eigenvalue weighted by atomic mass is 16.4. The van der Waals surface area contributed by atoms with Crippen molar-refractivity contribution < 1.29 is 19.8 Å². The van der Waals surface area contributed by atoms with E-state index >= 15 is 0 Å². The van der Waals surface area contributed by atoms with Crippen molar-refractivity contribution in [1.82, 2.24) is 10.2 Å². The second kappa shape index (κ2) is 12.6. The number of hydrogen-bond acceptors (Lipinski definition) is 4. The molecule has 9 atom stereocenters. The fourth-order valence-electron chi connectivity index (χ4n) is 14.2. The summed E-state index contributed by atoms with van der Waals surface area (Å²) in [5.74, 6) is 1.50. The van der Waals surface area contributed by atoms with Gasteiger partial charge >= 0.3 is 11.9 Å². The van der Waals surface area contributed by atoms with E-state index < -0.39 is 11.9 Å². The van der Waals surface area contributed by atoms with Crippen LogP contribution in [0.25, 0.3) is 5.57 Å². The van der Waals surface area contributed by atoms with E-state index in [-0.39, 0.29) is 33.1 Å². The van der Waals surface area contributed by atoms with Gasteiger partial charge < -0.3 is 20.4 Å². The van der Waals surface area contributed by atoms with Crippen LogP contribution >= 0.6 is 0 Å². The number of carboxylic acid groups (broad SMARTS) is 2. The monoisotopic (exact) mass is 684 g/mol. The van der Waals surface area contributed by atoms with Gasteiger partial charge in [-0.05, 0) is 165 Å². The second-order valence-corrected chi connectivity index (χ2v) is 19.1. The number of aromatic carboxylic acids is 1. The molecule has 1 heterocycles. The lowest BCUT2D eigenvalue weighted by atomic mass is 9.33. The predicted octanol–water partition coefficient (Wildman–Crippen LogP) is 9.17. The standard InChI is InChI=1S/C44H64N2O4/c1-28(2)32-14-21-44(45-24-27-46-25-17-31(18-26-46)39(49)50)23-22-42(6)34(37(32)44)12-13-36-41(5)19-15-33(29-8-10-30(11-9-29)38(47)48)40(3,4)35(41)16-20-43(36,42)7/h8-11,15,31-32,34-37,45H,1,12-14,16-27H2,2-7H3,(H,47,48)(H,49,50). The lowest BCUT2D eigenvalue weighted by Crippen LogP contribution is -2.68. The molecule has 4 saturated carbocycles. The third kappa shape index (κ3) is 5.39. The highest BCUT2D eigenvalue weighted by Gasteiger charge is 2.70. The quantitative estimate of drug-likeness (QED) is 0.237. The first-order chi connectivity index (χ1) is 23.6. The average Bonchev–Trinajstić information content (AvgIpc) is 3.45. The van der Waals surface area contributed by atoms with Gasteiger partial charge in [0.25, 0.3) is 0 Å². The van der Waals surface area contributed by atoms with Gasteiger partial charge in [0.15, 0.2) is 0 Å². The van der Waals surface area contributed by atoms with Crippen LogP contribution in [-0.2, 0) is 4.79 Å². The van der Waals surface area contributed by atoms with Crippen LogP contribution in [0.15, 0.2) is 42.5 Å². The zero-order valence-corrected chi connectivity index (χ0v) is 31.8. The topological polar surface area (TPSA) is 89.9 Å². The van der Waals surface area contributed by atoms with Gasteiger partial charge in [0.1, 0.15) is 0 Å². The Bertz CT molecular complexity index is 1540. The SMILES string of the molecule is C=C(C)C1CCC2(NCCN3CCC(C(=O)O)CC3)CCC3(C)C(CCC4C5(C)CC=C(c6ccc(C(=O)O)cc6)C(C)(C)C5CCC43C)C12. The number of nitrogens with zero attached hydrogens (tertiary/aromatic N) is 1. The second-order valence-electron chi connectivity index (χ2n) is 19.1. The fourth-order valence-corrected chi connectivity index (χ4v) is 14.2. The number of benzene rings is 1. The van der Waals surface area contributed by atoms with Crippen molar-refractivity contribution in [3.8, 4) is 0 Å². The van der Waals surface area contributed by atoms with Crippen LogP contribution in [0.5, 0.6) is 0 Å². The summed E-state index contributed by atoms with van der Waals surface area (Å²) in [6, 6.07) is 7.60. The van der Waals surface area contributed by atoms with E-state index in [1.54, 1.807) is 12.1 Å². The third-order valence-corrected chi connectivity index (χ3v) is 16.9. The third-order valence-electron chi connectivity index (χ3n) is 16.9. The van der Waals surface area contributed by atoms with Crippen LogP contribution in [0.4, 0.5) is 0 Å². The van der Waals surface area contributed by atoms with Gasteiger partial charge in [-0.2, -0.15) is 0 Å². The van der Waals surface area contributed by atoms with Crippen molar-refractivity contribution in [3.05, 3.63) is 53.6 Å². The molecule has 5 fully saturated rings. The first-order valence-electron chi connectivity index (χ1n) is 20.0. The molecule has 0 spiro atoms. The molecular formula is C44H64N2O4. The average molecular weight is 685 g/mol. The van der Waals surface area contributed by atoms with Gasteiger partial charge in [0.2, 0.25) is 0 Å². The molecule has 1 aromatic rings. The largest absolute Gasteiger partial charge is 0.481 e. The zero-order valence-electron chi connectivity index (χ0n) is 31.8. The summed E-state index contributed by atoms with van der Waals surface area (Å²) in [7, 11) is 0. The van der Waals surface area contributed by atoms with Crippen molar-refractivity contribution in [2.75, 3.05) is 26.2 Å². The smallest absolute Gasteiger partial charge is 0.335 e. The number of nitrogens with one attached hydrogen (secondary N) is 1. The summed E-state index contributed by atoms with van der Waals surface area (Å²) in [5, 5.41) is 23.2. The summed E-state index contributed by atoms with van der Waals surface area (Å²) in [5.41, 5.74) is 5.32. The fraction of sp³-hybridized carbons (Fsp3) is 0.727. The first kappa shape index (κ1) is 35.9. The van der Waals surface area contributed by atoms with Crippen LogP contribution in [0, 0.1) is 57.2 Å². The van der Waals surface area contributed by atoms with Gasteiger partial charge in [-0.15, -0.1) is 0 Å². The molecule has 9 unspecified atom stereocenters. The van der Waals surface area contributed by atoms with Gasteiger partial charge in [-0.25, -0.2) is 4.79 Å². The van der Waals surface area contributed by atoms with Crippen LogP contribution in [0.1, 0.15) is 128 Å². The van der Waals surface area contributed by atoms with E-state index in [1.165, 1.54) is 68.1 Å². The van der Waals surface area contributed by atoms with Crippen LogP contribution in [0.2, 0.25) is 0 Å². The van der Waals surface area contributed by atoms with E-state index in [4.69, 9.17) is 0 Å². The Kier molecular flexibility index (Phi) is 9.06. The maximum Gasteiger partial charge on any atom is 0.335 e. The molecule has 0 bridgehead atoms. The molecule has 7 rings (SSSR count). The first-order valence-corrected chi connectivity index (χ1v) is 20.0. The molecule has 0 aromatic heterocycles. The number of rotatable bonds is 8. The summed E-state index contributed by atoms with van der Waals surface area (Å²) in [6.45, 7) is 23.7. The van der Waals surface area contributed by atoms with E-state index in [2.05, 4.69) is 64.4 Å². The van der Waals surface area contributed by atoms with E-state index in [1.807, 2.05) is 12.1 Å². The minimum atomic E-state index is -0.866. The van der Waals surface area contributed by atoms with Gasteiger partial charge in [-0.1, -0.05) is 65.0 Å². The van der Waals surface area contributed by atoms with E-state index in [9.17, 15) is 19.8 Å². The number of hydrogen-bond donors (Lipinski definition) is 3. The normalized spacial score (nSPS) is 41.2. The van der Waals surface area contributed by atoms with Crippen LogP contribution in [0.3, 0.4) is 0 Å². The Labute approximate surface area is 301 Å². The van der Waals surface area contributed by atoms with Crippen molar-refractivity contribution >= 4 is 17.5 Å². The molecule has 1 aromatic carbocycles. The number of piperidine rings is 1. The molecule has 6 nitrogen and oxygen atoms in total. The maximum absolute atomic E-state index is 11.6. The number of allylic oxidation sites excluding steroid dienone is 3. The maximum atomic E-state index is 11.6. The number of carboxylic acids is 2. The summed E-state index contributed by atoms with van der Waals surface area (Å²) in [6.07, 6.45) is 15.4. The minimum absolute atomic E-state index is 0.0157. The molecule has 1 saturated heterocycles. The molecule has 3 N–H and O–H groups in total. The van der Waals surface area contributed by atoms with E-state index in [0.717, 1.165) is 45.4 Å². The number of carbonyl (C=O) groups is 2. The van der Waals surface area contributed by atoms with E-state index in [0.29, 0.717) is 35.2 Å².